The van der Waals surface area contributed by atoms with Gasteiger partial charge in [0.1, 0.15) is 0 Å². The van der Waals surface area contributed by atoms with Gasteiger partial charge in [-0.25, -0.2) is 0 Å². The molecular formula is C24H50O. The largest absolute Gasteiger partial charge is 0.381 e. The van der Waals surface area contributed by atoms with Crippen LogP contribution in [0.2, 0.25) is 0 Å². The van der Waals surface area contributed by atoms with Crippen molar-refractivity contribution in [3.05, 3.63) is 0 Å². The van der Waals surface area contributed by atoms with Crippen LogP contribution in [-0.4, -0.2) is 13.2 Å². The molecule has 0 N–H and O–H groups in total. The summed E-state index contributed by atoms with van der Waals surface area (Å²) < 4.78 is 6.04. The van der Waals surface area contributed by atoms with Crippen molar-refractivity contribution in [2.24, 2.45) is 11.8 Å². The van der Waals surface area contributed by atoms with Crippen molar-refractivity contribution < 1.29 is 4.74 Å². The molecule has 152 valence electrons. The lowest BCUT2D eigenvalue weighted by Crippen LogP contribution is -2.09. The summed E-state index contributed by atoms with van der Waals surface area (Å²) in [7, 11) is 0. The van der Waals surface area contributed by atoms with E-state index < -0.39 is 0 Å². The third-order valence-electron chi connectivity index (χ3n) is 5.67. The molecule has 1 heteroatoms. The minimum Gasteiger partial charge on any atom is -0.381 e. The Morgan fingerprint density at radius 2 is 0.880 bits per heavy atom. The van der Waals surface area contributed by atoms with Gasteiger partial charge in [-0.2, -0.15) is 0 Å². The zero-order valence-corrected chi connectivity index (χ0v) is 18.3. The van der Waals surface area contributed by atoms with Crippen molar-refractivity contribution in [3.8, 4) is 0 Å². The second kappa shape index (κ2) is 20.3. The van der Waals surface area contributed by atoms with Crippen LogP contribution in [0.25, 0.3) is 0 Å². The molecule has 0 aromatic carbocycles. The first-order chi connectivity index (χ1) is 12.3. The fourth-order valence-electron chi connectivity index (χ4n) is 4.00. The van der Waals surface area contributed by atoms with Crippen LogP contribution in [-0.2, 0) is 4.74 Å². The van der Waals surface area contributed by atoms with E-state index in [2.05, 4.69) is 27.7 Å². The Kier molecular flexibility index (Phi) is 20.2. The summed E-state index contributed by atoms with van der Waals surface area (Å²) in [6, 6.07) is 0. The lowest BCUT2D eigenvalue weighted by Gasteiger charge is -2.18. The highest BCUT2D eigenvalue weighted by Gasteiger charge is 2.10. The van der Waals surface area contributed by atoms with Gasteiger partial charge < -0.3 is 4.74 Å². The summed E-state index contributed by atoms with van der Waals surface area (Å²) >= 11 is 0. The van der Waals surface area contributed by atoms with Crippen molar-refractivity contribution in [2.45, 2.75) is 130 Å². The first kappa shape index (κ1) is 25.0. The molecule has 0 aromatic heterocycles. The Hall–Kier alpha value is -0.0400. The first-order valence-electron chi connectivity index (χ1n) is 11.9. The predicted octanol–water partition coefficient (Wildman–Crippen LogP) is 8.56. The molecule has 0 aliphatic carbocycles. The van der Waals surface area contributed by atoms with E-state index in [-0.39, 0.29) is 0 Å². The van der Waals surface area contributed by atoms with E-state index in [1.807, 2.05) is 0 Å². The van der Waals surface area contributed by atoms with Crippen molar-refractivity contribution >= 4 is 0 Å². The molecular weight excluding hydrogens is 304 g/mol. The zero-order valence-electron chi connectivity index (χ0n) is 18.3. The number of hydrogen-bond acceptors (Lipinski definition) is 1. The minimum absolute atomic E-state index is 0.905. The van der Waals surface area contributed by atoms with Crippen molar-refractivity contribution in [3.63, 3.8) is 0 Å². The van der Waals surface area contributed by atoms with Gasteiger partial charge >= 0.3 is 0 Å². The lowest BCUT2D eigenvalue weighted by molar-refractivity contribution is 0.102. The average molecular weight is 355 g/mol. The summed E-state index contributed by atoms with van der Waals surface area (Å²) in [6.45, 7) is 11.2. The summed E-state index contributed by atoms with van der Waals surface area (Å²) in [5.74, 6) is 1.81. The third kappa shape index (κ3) is 17.1. The van der Waals surface area contributed by atoms with E-state index in [9.17, 15) is 0 Å². The van der Waals surface area contributed by atoms with Gasteiger partial charge in [0.05, 0.1) is 0 Å². The summed E-state index contributed by atoms with van der Waals surface area (Å²) in [5, 5.41) is 0. The Labute approximate surface area is 160 Å². The summed E-state index contributed by atoms with van der Waals surface area (Å²) in [6.07, 6.45) is 22.1. The van der Waals surface area contributed by atoms with Gasteiger partial charge in [0.25, 0.3) is 0 Å². The lowest BCUT2D eigenvalue weighted by atomic mass is 9.93. The van der Waals surface area contributed by atoms with E-state index in [1.54, 1.807) is 0 Å². The maximum atomic E-state index is 6.04. The highest BCUT2D eigenvalue weighted by molar-refractivity contribution is 4.61. The predicted molar refractivity (Wildman–Crippen MR) is 114 cm³/mol. The minimum atomic E-state index is 0.905. The average Bonchev–Trinajstić information content (AvgIpc) is 2.61. The molecule has 0 saturated carbocycles. The second-order valence-corrected chi connectivity index (χ2v) is 8.20. The van der Waals surface area contributed by atoms with Gasteiger partial charge in [0.15, 0.2) is 0 Å². The monoisotopic (exact) mass is 354 g/mol. The van der Waals surface area contributed by atoms with E-state index in [1.165, 1.54) is 103 Å². The quantitative estimate of drug-likeness (QED) is 0.199. The molecule has 0 bridgehead atoms. The molecule has 1 nitrogen and oxygen atoms in total. The molecule has 25 heavy (non-hydrogen) atoms. The van der Waals surface area contributed by atoms with Crippen molar-refractivity contribution in [1.29, 1.82) is 0 Å². The van der Waals surface area contributed by atoms with Gasteiger partial charge in [-0.3, -0.25) is 0 Å². The molecule has 0 aliphatic rings. The molecule has 0 spiro atoms. The molecule has 0 aliphatic heterocycles. The summed E-state index contributed by atoms with van der Waals surface area (Å²) in [5.41, 5.74) is 0. The van der Waals surface area contributed by atoms with Crippen molar-refractivity contribution in [1.82, 2.24) is 0 Å². The maximum Gasteiger partial charge on any atom is 0.0468 e. The van der Waals surface area contributed by atoms with Crippen LogP contribution in [0.5, 0.6) is 0 Å². The van der Waals surface area contributed by atoms with Crippen LogP contribution in [0.15, 0.2) is 0 Å². The van der Waals surface area contributed by atoms with Crippen molar-refractivity contribution in [2.75, 3.05) is 13.2 Å². The highest BCUT2D eigenvalue weighted by Crippen LogP contribution is 2.21. The topological polar surface area (TPSA) is 9.23 Å². The van der Waals surface area contributed by atoms with Crippen LogP contribution >= 0.6 is 0 Å². The molecule has 2 unspecified atom stereocenters. The molecule has 0 amide bonds. The molecule has 0 aromatic rings. The fourth-order valence-corrected chi connectivity index (χ4v) is 4.00. The van der Waals surface area contributed by atoms with Crippen LogP contribution < -0.4 is 0 Å². The normalized spacial score (nSPS) is 13.9. The van der Waals surface area contributed by atoms with Crippen LogP contribution in [0, 0.1) is 11.8 Å². The maximum absolute atomic E-state index is 6.04. The standard InChI is InChI=1S/C24H50O/c1-5-9-11-13-17-23(15-7-3)19-21-25-22-20-24(16-8-4)18-14-12-10-6-2/h23-24H,5-22H2,1-4H3. The van der Waals surface area contributed by atoms with Gasteiger partial charge in [0, 0.05) is 13.2 Å². The Morgan fingerprint density at radius 1 is 0.440 bits per heavy atom. The first-order valence-corrected chi connectivity index (χ1v) is 11.9. The fraction of sp³-hybridized carbons (Fsp3) is 1.00. The smallest absolute Gasteiger partial charge is 0.0468 e. The number of ether oxygens (including phenoxy) is 1. The molecule has 2 atom stereocenters. The molecule has 0 rings (SSSR count). The van der Waals surface area contributed by atoms with E-state index in [0.717, 1.165) is 25.0 Å². The Balaban J connectivity index is 3.76. The Morgan fingerprint density at radius 3 is 1.24 bits per heavy atom. The summed E-state index contributed by atoms with van der Waals surface area (Å²) in [4.78, 5) is 0. The highest BCUT2D eigenvalue weighted by atomic mass is 16.5. The number of unbranched alkanes of at least 4 members (excludes halogenated alkanes) is 6. The molecule has 0 fully saturated rings. The van der Waals surface area contributed by atoms with Crippen LogP contribution in [0.1, 0.15) is 130 Å². The van der Waals surface area contributed by atoms with Gasteiger partial charge in [0.2, 0.25) is 0 Å². The SMILES string of the molecule is CCCCCCC(CCC)CCOCCC(CCC)CCCCCC. The Bertz CT molecular complexity index is 214. The molecule has 0 heterocycles. The van der Waals surface area contributed by atoms with E-state index >= 15 is 0 Å². The zero-order chi connectivity index (χ0) is 18.6. The third-order valence-corrected chi connectivity index (χ3v) is 5.67. The van der Waals surface area contributed by atoms with Gasteiger partial charge in [-0.1, -0.05) is 118 Å². The van der Waals surface area contributed by atoms with Crippen LogP contribution in [0.4, 0.5) is 0 Å². The molecule has 0 radical (unpaired) electrons. The molecule has 0 saturated heterocycles. The second-order valence-electron chi connectivity index (χ2n) is 8.20. The van der Waals surface area contributed by atoms with Crippen LogP contribution in [0.3, 0.4) is 0 Å². The van der Waals surface area contributed by atoms with Gasteiger partial charge in [-0.05, 0) is 24.7 Å². The number of hydrogen-bond donors (Lipinski definition) is 0. The van der Waals surface area contributed by atoms with E-state index in [0.29, 0.717) is 0 Å². The number of rotatable bonds is 20. The van der Waals surface area contributed by atoms with Gasteiger partial charge in [-0.15, -0.1) is 0 Å². The van der Waals surface area contributed by atoms with E-state index in [4.69, 9.17) is 4.74 Å².